The summed E-state index contributed by atoms with van der Waals surface area (Å²) in [6.07, 6.45) is -1.01. The second-order valence-corrected chi connectivity index (χ2v) is 6.65. The summed E-state index contributed by atoms with van der Waals surface area (Å²) < 4.78 is 5.72. The summed E-state index contributed by atoms with van der Waals surface area (Å²) in [4.78, 5) is 26.1. The molecule has 3 aromatic rings. The topological polar surface area (TPSA) is 55.4 Å². The molecular formula is C24H23NO3. The number of hydrogen-bond donors (Lipinski definition) is 1. The number of nitrogens with one attached hydrogen (secondary N) is 1. The van der Waals surface area contributed by atoms with Crippen LogP contribution in [0.15, 0.2) is 72.8 Å². The van der Waals surface area contributed by atoms with E-state index < -0.39 is 12.1 Å². The van der Waals surface area contributed by atoms with Gasteiger partial charge in [0, 0.05) is 23.9 Å². The quantitative estimate of drug-likeness (QED) is 0.481. The number of para-hydroxylation sites is 1. The van der Waals surface area contributed by atoms with Gasteiger partial charge >= 0.3 is 5.97 Å². The molecule has 0 heterocycles. The number of carbonyl (C=O) groups excluding carboxylic acids is 2. The van der Waals surface area contributed by atoms with Gasteiger partial charge < -0.3 is 10.1 Å². The first kappa shape index (κ1) is 19.4. The maximum Gasteiger partial charge on any atom is 0.341 e. The normalized spacial score (nSPS) is 11.5. The van der Waals surface area contributed by atoms with Crippen molar-refractivity contribution in [2.75, 3.05) is 12.4 Å². The summed E-state index contributed by atoms with van der Waals surface area (Å²) >= 11 is 0. The molecule has 0 aliphatic carbocycles. The molecule has 0 radical (unpaired) electrons. The van der Waals surface area contributed by atoms with Crippen molar-refractivity contribution < 1.29 is 14.3 Å². The Morgan fingerprint density at radius 2 is 1.54 bits per heavy atom. The molecule has 0 saturated carbocycles. The fourth-order valence-electron chi connectivity index (χ4n) is 3.00. The van der Waals surface area contributed by atoms with E-state index in [1.807, 2.05) is 50.2 Å². The van der Waals surface area contributed by atoms with Gasteiger partial charge in [0.1, 0.15) is 0 Å². The van der Waals surface area contributed by atoms with Crippen molar-refractivity contribution in [3.8, 4) is 0 Å². The number of hydrogen-bond acceptors (Lipinski definition) is 4. The van der Waals surface area contributed by atoms with Gasteiger partial charge in [-0.1, -0.05) is 54.6 Å². The number of ketones is 1. The number of anilines is 1. The summed E-state index contributed by atoms with van der Waals surface area (Å²) in [5.41, 5.74) is 4.32. The SMILES string of the molecule is CNc1ccccc1C(=O)O[C@@H](C(=O)c1ccc(C)c(C)c1)c1ccccc1. The zero-order valence-electron chi connectivity index (χ0n) is 16.2. The van der Waals surface area contributed by atoms with Crippen LogP contribution in [0, 0.1) is 13.8 Å². The van der Waals surface area contributed by atoms with Crippen molar-refractivity contribution in [3.63, 3.8) is 0 Å². The number of Topliss-reactive ketones (excluding diaryl/α,β-unsaturated/α-hetero) is 1. The molecule has 0 fully saturated rings. The zero-order valence-corrected chi connectivity index (χ0v) is 16.2. The van der Waals surface area contributed by atoms with Crippen molar-refractivity contribution in [3.05, 3.63) is 101 Å². The molecule has 28 heavy (non-hydrogen) atoms. The van der Waals surface area contributed by atoms with E-state index in [1.54, 1.807) is 43.4 Å². The lowest BCUT2D eigenvalue weighted by atomic mass is 9.97. The van der Waals surface area contributed by atoms with Crippen LogP contribution in [0.25, 0.3) is 0 Å². The highest BCUT2D eigenvalue weighted by molar-refractivity contribution is 6.03. The van der Waals surface area contributed by atoms with E-state index in [2.05, 4.69) is 5.32 Å². The molecule has 0 aliphatic heterocycles. The lowest BCUT2D eigenvalue weighted by Crippen LogP contribution is -2.21. The average Bonchev–Trinajstić information content (AvgIpc) is 2.74. The van der Waals surface area contributed by atoms with E-state index in [4.69, 9.17) is 4.74 Å². The van der Waals surface area contributed by atoms with Gasteiger partial charge in [-0.3, -0.25) is 4.79 Å². The molecular weight excluding hydrogens is 350 g/mol. The maximum atomic E-state index is 13.2. The van der Waals surface area contributed by atoms with Crippen molar-refractivity contribution in [1.82, 2.24) is 0 Å². The van der Waals surface area contributed by atoms with Crippen LogP contribution in [0.1, 0.15) is 43.5 Å². The predicted octanol–water partition coefficient (Wildman–Crippen LogP) is 5.13. The van der Waals surface area contributed by atoms with Gasteiger partial charge in [-0.05, 0) is 43.2 Å². The van der Waals surface area contributed by atoms with Crippen molar-refractivity contribution in [2.24, 2.45) is 0 Å². The third-order valence-electron chi connectivity index (χ3n) is 4.77. The highest BCUT2D eigenvalue weighted by atomic mass is 16.5. The number of carbonyl (C=O) groups is 2. The van der Waals surface area contributed by atoms with Crippen LogP contribution in [-0.2, 0) is 4.74 Å². The highest BCUT2D eigenvalue weighted by Crippen LogP contribution is 2.26. The van der Waals surface area contributed by atoms with E-state index in [9.17, 15) is 9.59 Å². The van der Waals surface area contributed by atoms with Gasteiger partial charge in [0.2, 0.25) is 5.78 Å². The molecule has 0 saturated heterocycles. The van der Waals surface area contributed by atoms with E-state index >= 15 is 0 Å². The minimum absolute atomic E-state index is 0.246. The van der Waals surface area contributed by atoms with Crippen molar-refractivity contribution >= 4 is 17.4 Å². The molecule has 0 aliphatic rings. The molecule has 0 bridgehead atoms. The predicted molar refractivity (Wildman–Crippen MR) is 111 cm³/mol. The fraction of sp³-hybridized carbons (Fsp3) is 0.167. The molecule has 0 unspecified atom stereocenters. The lowest BCUT2D eigenvalue weighted by Gasteiger charge is -2.19. The summed E-state index contributed by atoms with van der Waals surface area (Å²) in [7, 11) is 1.74. The van der Waals surface area contributed by atoms with E-state index in [0.29, 0.717) is 22.4 Å². The zero-order chi connectivity index (χ0) is 20.1. The highest BCUT2D eigenvalue weighted by Gasteiger charge is 2.27. The third-order valence-corrected chi connectivity index (χ3v) is 4.77. The molecule has 4 nitrogen and oxygen atoms in total. The van der Waals surface area contributed by atoms with Crippen LogP contribution in [0.3, 0.4) is 0 Å². The summed E-state index contributed by atoms with van der Waals surface area (Å²) in [6, 6.07) is 21.7. The molecule has 3 rings (SSSR count). The van der Waals surface area contributed by atoms with Gasteiger partial charge in [-0.15, -0.1) is 0 Å². The molecule has 1 N–H and O–H groups in total. The van der Waals surface area contributed by atoms with Crippen LogP contribution >= 0.6 is 0 Å². The minimum atomic E-state index is -1.01. The van der Waals surface area contributed by atoms with Crippen LogP contribution in [0.5, 0.6) is 0 Å². The Morgan fingerprint density at radius 1 is 0.857 bits per heavy atom. The molecule has 142 valence electrons. The average molecular weight is 373 g/mol. The molecule has 4 heteroatoms. The maximum absolute atomic E-state index is 13.2. The molecule has 3 aromatic carbocycles. The number of aryl methyl sites for hydroxylation is 2. The summed E-state index contributed by atoms with van der Waals surface area (Å²) in [5.74, 6) is -0.791. The second kappa shape index (κ2) is 8.53. The first-order valence-electron chi connectivity index (χ1n) is 9.15. The van der Waals surface area contributed by atoms with Gasteiger partial charge in [0.25, 0.3) is 0 Å². The fourth-order valence-corrected chi connectivity index (χ4v) is 3.00. The van der Waals surface area contributed by atoms with Gasteiger partial charge in [0.05, 0.1) is 5.56 Å². The summed E-state index contributed by atoms with van der Waals surface area (Å²) in [6.45, 7) is 3.95. The minimum Gasteiger partial charge on any atom is -0.445 e. The van der Waals surface area contributed by atoms with Gasteiger partial charge in [-0.25, -0.2) is 4.79 Å². The number of esters is 1. The van der Waals surface area contributed by atoms with Crippen molar-refractivity contribution in [2.45, 2.75) is 20.0 Å². The van der Waals surface area contributed by atoms with Gasteiger partial charge in [-0.2, -0.15) is 0 Å². The lowest BCUT2D eigenvalue weighted by molar-refractivity contribution is 0.0281. The Hall–Kier alpha value is -3.40. The first-order chi connectivity index (χ1) is 13.5. The van der Waals surface area contributed by atoms with E-state index in [0.717, 1.165) is 11.1 Å². The Morgan fingerprint density at radius 3 is 2.21 bits per heavy atom. The van der Waals surface area contributed by atoms with E-state index in [-0.39, 0.29) is 5.78 Å². The van der Waals surface area contributed by atoms with E-state index in [1.165, 1.54) is 0 Å². The summed E-state index contributed by atoms with van der Waals surface area (Å²) in [5, 5.41) is 2.98. The molecule has 1 atom stereocenters. The Balaban J connectivity index is 1.97. The molecule has 0 amide bonds. The Labute approximate surface area is 165 Å². The number of benzene rings is 3. The third kappa shape index (κ3) is 4.12. The van der Waals surface area contributed by atoms with Crippen molar-refractivity contribution in [1.29, 1.82) is 0 Å². The molecule has 0 aromatic heterocycles. The smallest absolute Gasteiger partial charge is 0.341 e. The Kier molecular flexibility index (Phi) is 5.90. The number of rotatable bonds is 6. The standard InChI is InChI=1S/C24H23NO3/c1-16-13-14-19(15-17(16)2)22(26)23(18-9-5-4-6-10-18)28-24(27)20-11-7-8-12-21(20)25-3/h4-15,23,25H,1-3H3/t23-/m1/s1. The van der Waals surface area contributed by atoms with Crippen LogP contribution in [-0.4, -0.2) is 18.8 Å². The Bertz CT molecular complexity index is 996. The van der Waals surface area contributed by atoms with Crippen LogP contribution in [0.2, 0.25) is 0 Å². The molecule has 0 spiro atoms. The monoisotopic (exact) mass is 373 g/mol. The number of ether oxygens (including phenoxy) is 1. The van der Waals surface area contributed by atoms with Crippen LogP contribution < -0.4 is 5.32 Å². The largest absolute Gasteiger partial charge is 0.445 e. The first-order valence-corrected chi connectivity index (χ1v) is 9.15. The second-order valence-electron chi connectivity index (χ2n) is 6.65. The van der Waals surface area contributed by atoms with Crippen LogP contribution in [0.4, 0.5) is 5.69 Å². The van der Waals surface area contributed by atoms with Gasteiger partial charge in [0.15, 0.2) is 6.10 Å².